The maximum Gasteiger partial charge on any atom is 0.432 e. The summed E-state index contributed by atoms with van der Waals surface area (Å²) in [6, 6.07) is 8.67. The fraction of sp³-hybridized carbons (Fsp3) is 0.267. The van der Waals surface area contributed by atoms with Crippen molar-refractivity contribution in [1.29, 1.82) is 5.26 Å². The molecule has 0 bridgehead atoms. The van der Waals surface area contributed by atoms with Crippen LogP contribution in [0.15, 0.2) is 28.7 Å². The van der Waals surface area contributed by atoms with Gasteiger partial charge in [-0.3, -0.25) is 0 Å². The summed E-state index contributed by atoms with van der Waals surface area (Å²) in [6.07, 6.45) is -4.26. The first kappa shape index (κ1) is 19.1. The molecule has 1 atom stereocenters. The highest BCUT2D eigenvalue weighted by Gasteiger charge is 2.37. The molecule has 2 aromatic rings. The predicted molar refractivity (Wildman–Crippen MR) is 87.8 cm³/mol. The highest BCUT2D eigenvalue weighted by Crippen LogP contribution is 2.37. The fourth-order valence-corrected chi connectivity index (χ4v) is 3.00. The van der Waals surface area contributed by atoms with Gasteiger partial charge in [0.05, 0.1) is 22.3 Å². The lowest BCUT2D eigenvalue weighted by Crippen LogP contribution is -2.10. The Morgan fingerprint density at radius 3 is 2.46 bits per heavy atom. The van der Waals surface area contributed by atoms with Crippen LogP contribution in [0.2, 0.25) is 5.02 Å². The third-order valence-electron chi connectivity index (χ3n) is 3.13. The predicted octanol–water partition coefficient (Wildman–Crippen LogP) is 5.65. The number of aromatic nitrogens is 1. The van der Waals surface area contributed by atoms with Crippen LogP contribution in [0.4, 0.5) is 13.2 Å². The molecule has 1 N–H and O–H groups in total. The highest BCUT2D eigenvalue weighted by atomic mass is 79.9. The summed E-state index contributed by atoms with van der Waals surface area (Å²) in [5.74, 6) is 0. The molecule has 1 unspecified atom stereocenters. The summed E-state index contributed by atoms with van der Waals surface area (Å²) >= 11 is 14.6. The van der Waals surface area contributed by atoms with E-state index in [-0.39, 0.29) is 22.3 Å². The van der Waals surface area contributed by atoms with E-state index >= 15 is 0 Å². The van der Waals surface area contributed by atoms with Crippen LogP contribution in [-0.4, -0.2) is 10.5 Å². The molecule has 0 spiro atoms. The molecule has 0 aliphatic rings. The van der Waals surface area contributed by atoms with Gasteiger partial charge in [-0.2, -0.15) is 18.4 Å². The first-order valence-electron chi connectivity index (χ1n) is 6.60. The Morgan fingerprint density at radius 2 is 1.92 bits per heavy atom. The fourth-order valence-electron chi connectivity index (χ4n) is 1.98. The Balaban J connectivity index is 2.06. The van der Waals surface area contributed by atoms with Gasteiger partial charge in [0.1, 0.15) is 17.3 Å². The summed E-state index contributed by atoms with van der Waals surface area (Å²) in [7, 11) is 0. The van der Waals surface area contributed by atoms with Crippen LogP contribution in [0.5, 0.6) is 0 Å². The van der Waals surface area contributed by atoms with Gasteiger partial charge in [0.2, 0.25) is 0 Å². The van der Waals surface area contributed by atoms with Crippen LogP contribution >= 0.6 is 39.1 Å². The van der Waals surface area contributed by atoms with Gasteiger partial charge in [0.25, 0.3) is 0 Å². The third kappa shape index (κ3) is 4.67. The number of rotatable bonds is 5. The van der Waals surface area contributed by atoms with Gasteiger partial charge in [0, 0.05) is 11.4 Å². The molecule has 0 saturated heterocycles. The van der Waals surface area contributed by atoms with E-state index in [1.807, 2.05) is 0 Å². The Labute approximate surface area is 154 Å². The molecule has 1 aromatic heterocycles. The average Bonchev–Trinajstić information content (AvgIpc) is 2.83. The van der Waals surface area contributed by atoms with Crippen molar-refractivity contribution < 1.29 is 17.9 Å². The number of alkyl halides is 4. The van der Waals surface area contributed by atoms with Crippen molar-refractivity contribution >= 4 is 39.1 Å². The number of aromatic amines is 1. The topological polar surface area (TPSA) is 48.8 Å². The zero-order valence-corrected chi connectivity index (χ0v) is 15.0. The first-order chi connectivity index (χ1) is 11.2. The molecule has 24 heavy (non-hydrogen) atoms. The van der Waals surface area contributed by atoms with E-state index in [4.69, 9.17) is 33.2 Å². The maximum atomic E-state index is 12.8. The molecule has 128 valence electrons. The van der Waals surface area contributed by atoms with E-state index in [1.54, 1.807) is 30.3 Å². The van der Waals surface area contributed by atoms with Crippen molar-refractivity contribution in [1.82, 2.24) is 4.98 Å². The third-order valence-corrected chi connectivity index (χ3v) is 4.46. The number of H-pyrrole nitrogens is 1. The molecule has 2 rings (SSSR count). The van der Waals surface area contributed by atoms with Crippen LogP contribution < -0.4 is 0 Å². The summed E-state index contributed by atoms with van der Waals surface area (Å²) < 4.78 is 43.6. The zero-order valence-electron chi connectivity index (χ0n) is 11.9. The molecule has 0 radical (unpaired) electrons. The van der Waals surface area contributed by atoms with Crippen LogP contribution in [0.3, 0.4) is 0 Å². The molecule has 3 nitrogen and oxygen atoms in total. The second-order valence-corrected chi connectivity index (χ2v) is 6.54. The van der Waals surface area contributed by atoms with E-state index in [0.29, 0.717) is 11.4 Å². The van der Waals surface area contributed by atoms with Gasteiger partial charge in [-0.1, -0.05) is 35.3 Å². The Kier molecular flexibility index (Phi) is 6.21. The van der Waals surface area contributed by atoms with Gasteiger partial charge >= 0.3 is 6.18 Å². The largest absolute Gasteiger partial charge is 0.432 e. The number of nitriles is 1. The molecule has 0 saturated carbocycles. The van der Waals surface area contributed by atoms with E-state index in [2.05, 4.69) is 20.9 Å². The van der Waals surface area contributed by atoms with Gasteiger partial charge in [0.15, 0.2) is 0 Å². The molecule has 1 aromatic carbocycles. The molecule has 0 aliphatic carbocycles. The minimum atomic E-state index is -4.60. The number of nitrogens with one attached hydrogen (secondary N) is 1. The monoisotopic (exact) mass is 440 g/mol. The smallest absolute Gasteiger partial charge is 0.356 e. The Morgan fingerprint density at radius 1 is 1.29 bits per heavy atom. The van der Waals surface area contributed by atoms with Gasteiger partial charge in [-0.25, -0.2) is 0 Å². The maximum absolute atomic E-state index is 12.8. The lowest BCUT2D eigenvalue weighted by molar-refractivity contribution is -0.141. The van der Waals surface area contributed by atoms with Crippen molar-refractivity contribution in [3.05, 3.63) is 56.3 Å². The molecule has 0 fully saturated rings. The van der Waals surface area contributed by atoms with Gasteiger partial charge in [-0.15, -0.1) is 0 Å². The molecular formula is C15H10BrCl2F3N2O. The van der Waals surface area contributed by atoms with Gasteiger partial charge < -0.3 is 9.72 Å². The summed E-state index contributed by atoms with van der Waals surface area (Å²) in [5.41, 5.74) is -1.07. The lowest BCUT2D eigenvalue weighted by atomic mass is 10.2. The average molecular weight is 442 g/mol. The SMILES string of the molecule is N#Cc1c(COC(Cl)Cc2ccc(Cl)cc2)[nH]c(C(F)(F)F)c1Br. The normalized spacial score (nSPS) is 12.9. The number of hydrogen-bond donors (Lipinski definition) is 1. The second kappa shape index (κ2) is 7.79. The molecule has 1 heterocycles. The lowest BCUT2D eigenvalue weighted by Gasteiger charge is -2.11. The summed E-state index contributed by atoms with van der Waals surface area (Å²) in [6.45, 7) is -0.251. The van der Waals surface area contributed by atoms with Crippen LogP contribution in [0.1, 0.15) is 22.5 Å². The molecule has 0 amide bonds. The Hall–Kier alpha value is -1.20. The summed E-state index contributed by atoms with van der Waals surface area (Å²) in [4.78, 5) is 2.17. The minimum absolute atomic E-state index is 0.0125. The standard InChI is InChI=1S/C15H10BrCl2F3N2O/c16-13-10(6-22)11(23-14(13)15(19,20)21)7-24-12(18)5-8-1-3-9(17)4-2-8/h1-4,12,23H,5,7H2. The van der Waals surface area contributed by atoms with Crippen molar-refractivity contribution in [2.75, 3.05) is 0 Å². The van der Waals surface area contributed by atoms with Crippen LogP contribution in [-0.2, 0) is 23.9 Å². The Bertz CT molecular complexity index is 754. The van der Waals surface area contributed by atoms with E-state index in [1.165, 1.54) is 0 Å². The molecule has 0 aliphatic heterocycles. The second-order valence-electron chi connectivity index (χ2n) is 4.83. The van der Waals surface area contributed by atoms with Crippen LogP contribution in [0.25, 0.3) is 0 Å². The number of nitrogens with zero attached hydrogens (tertiary/aromatic N) is 1. The number of ether oxygens (including phenoxy) is 1. The summed E-state index contributed by atoms with van der Waals surface area (Å²) in [5, 5.41) is 9.62. The number of benzene rings is 1. The number of hydrogen-bond acceptors (Lipinski definition) is 2. The van der Waals surface area contributed by atoms with Crippen molar-refractivity contribution in [2.24, 2.45) is 0 Å². The van der Waals surface area contributed by atoms with E-state index in [0.717, 1.165) is 5.56 Å². The number of halogens is 6. The highest BCUT2D eigenvalue weighted by molar-refractivity contribution is 9.10. The van der Waals surface area contributed by atoms with Crippen molar-refractivity contribution in [3.63, 3.8) is 0 Å². The van der Waals surface area contributed by atoms with Crippen molar-refractivity contribution in [2.45, 2.75) is 24.8 Å². The zero-order chi connectivity index (χ0) is 17.9. The quantitative estimate of drug-likeness (QED) is 0.610. The molecular weight excluding hydrogens is 432 g/mol. The van der Waals surface area contributed by atoms with E-state index < -0.39 is 17.4 Å². The minimum Gasteiger partial charge on any atom is -0.356 e. The van der Waals surface area contributed by atoms with E-state index in [9.17, 15) is 13.2 Å². The first-order valence-corrected chi connectivity index (χ1v) is 8.21. The van der Waals surface area contributed by atoms with Crippen LogP contribution in [0, 0.1) is 11.3 Å². The molecule has 9 heteroatoms. The van der Waals surface area contributed by atoms with Gasteiger partial charge in [-0.05, 0) is 33.6 Å². The van der Waals surface area contributed by atoms with Crippen molar-refractivity contribution in [3.8, 4) is 6.07 Å².